The number of amides is 1. The Labute approximate surface area is 174 Å². The van der Waals surface area contributed by atoms with Gasteiger partial charge < -0.3 is 20.5 Å². The molecule has 3 N–H and O–H groups in total. The number of benzene rings is 1. The van der Waals surface area contributed by atoms with Crippen LogP contribution in [0.1, 0.15) is 41.9 Å². The number of nitrogen functional groups attached to an aromatic ring is 1. The number of carbonyl (C=O) groups excluding carboxylic acids is 1. The van der Waals surface area contributed by atoms with E-state index >= 15 is 0 Å². The molecule has 0 fully saturated rings. The first-order valence-corrected chi connectivity index (χ1v) is 10.1. The van der Waals surface area contributed by atoms with Gasteiger partial charge in [-0.3, -0.25) is 4.79 Å². The topological polar surface area (TPSA) is 117 Å². The number of aromatic nitrogens is 4. The molecule has 0 unspecified atom stereocenters. The molecular formula is C21H26N6O3. The normalized spacial score (nSPS) is 15.1. The molecule has 9 nitrogen and oxygen atoms in total. The zero-order chi connectivity index (χ0) is 21.4. The van der Waals surface area contributed by atoms with Crippen molar-refractivity contribution >= 4 is 17.6 Å². The van der Waals surface area contributed by atoms with Crippen LogP contribution in [0.15, 0.2) is 12.1 Å². The Morgan fingerprint density at radius 1 is 1.37 bits per heavy atom. The van der Waals surface area contributed by atoms with Crippen molar-refractivity contribution in [3.05, 3.63) is 40.2 Å². The molecule has 0 aliphatic carbocycles. The first-order valence-electron chi connectivity index (χ1n) is 10.1. The molecule has 1 atom stereocenters. The summed E-state index contributed by atoms with van der Waals surface area (Å²) in [6, 6.07) is 3.98. The van der Waals surface area contributed by atoms with Gasteiger partial charge in [0.2, 0.25) is 11.9 Å². The van der Waals surface area contributed by atoms with Crippen LogP contribution in [0.5, 0.6) is 11.5 Å². The lowest BCUT2D eigenvalue weighted by Crippen LogP contribution is -2.26. The number of nitrogens with one attached hydrogen (secondary N) is 1. The minimum absolute atomic E-state index is 0.118. The van der Waals surface area contributed by atoms with Crippen molar-refractivity contribution in [3.63, 3.8) is 0 Å². The third kappa shape index (κ3) is 3.74. The second-order valence-electron chi connectivity index (χ2n) is 7.53. The first-order chi connectivity index (χ1) is 14.4. The summed E-state index contributed by atoms with van der Waals surface area (Å²) in [5.41, 5.74) is 10.0. The van der Waals surface area contributed by atoms with E-state index in [0.29, 0.717) is 18.9 Å². The third-order valence-electron chi connectivity index (χ3n) is 5.26. The fourth-order valence-electron chi connectivity index (χ4n) is 3.81. The second-order valence-corrected chi connectivity index (χ2v) is 7.53. The molecule has 158 valence electrons. The number of hydrogen-bond donors (Lipinski definition) is 2. The first kappa shape index (κ1) is 19.9. The number of aryl methyl sites for hydroxylation is 2. The quantitative estimate of drug-likeness (QED) is 0.637. The van der Waals surface area contributed by atoms with Gasteiger partial charge in [-0.05, 0) is 39.8 Å². The molecule has 9 heteroatoms. The van der Waals surface area contributed by atoms with Gasteiger partial charge >= 0.3 is 0 Å². The fraction of sp³-hybridized carbons (Fsp3) is 0.429. The molecule has 0 radical (unpaired) electrons. The van der Waals surface area contributed by atoms with Gasteiger partial charge in [-0.25, -0.2) is 4.98 Å². The highest BCUT2D eigenvalue weighted by Gasteiger charge is 2.22. The monoisotopic (exact) mass is 410 g/mol. The van der Waals surface area contributed by atoms with Gasteiger partial charge in [0.15, 0.2) is 0 Å². The lowest BCUT2D eigenvalue weighted by molar-refractivity contribution is -0.120. The summed E-state index contributed by atoms with van der Waals surface area (Å²) in [6.07, 6.45) is 1.20. The predicted molar refractivity (Wildman–Crippen MR) is 112 cm³/mol. The van der Waals surface area contributed by atoms with Crippen LogP contribution in [-0.2, 0) is 24.2 Å². The number of hydrogen-bond acceptors (Lipinski definition) is 7. The summed E-state index contributed by atoms with van der Waals surface area (Å²) in [4.78, 5) is 21.2. The molecule has 2 aromatic heterocycles. The van der Waals surface area contributed by atoms with E-state index in [2.05, 4.69) is 20.4 Å². The number of rotatable bonds is 6. The van der Waals surface area contributed by atoms with Crippen LogP contribution in [0.2, 0.25) is 0 Å². The Hall–Kier alpha value is -3.36. The minimum atomic E-state index is -0.118. The molecule has 0 bridgehead atoms. The van der Waals surface area contributed by atoms with Gasteiger partial charge in [0, 0.05) is 41.0 Å². The van der Waals surface area contributed by atoms with Gasteiger partial charge in [-0.1, -0.05) is 0 Å². The molecule has 1 amide bonds. The average molecular weight is 410 g/mol. The highest BCUT2D eigenvalue weighted by molar-refractivity contribution is 5.79. The molecule has 0 saturated heterocycles. The lowest BCUT2D eigenvalue weighted by Gasteiger charge is -2.14. The molecule has 3 aromatic rings. The van der Waals surface area contributed by atoms with Crippen LogP contribution in [0, 0.1) is 13.8 Å². The van der Waals surface area contributed by atoms with E-state index < -0.39 is 0 Å². The van der Waals surface area contributed by atoms with Gasteiger partial charge in [0.05, 0.1) is 13.0 Å². The summed E-state index contributed by atoms with van der Waals surface area (Å²) in [5, 5.41) is 7.13. The van der Waals surface area contributed by atoms with Crippen LogP contribution in [-0.4, -0.2) is 38.2 Å². The van der Waals surface area contributed by atoms with Gasteiger partial charge in [0.1, 0.15) is 17.6 Å². The van der Waals surface area contributed by atoms with E-state index in [1.165, 1.54) is 0 Å². The molecule has 1 aliphatic heterocycles. The molecule has 4 rings (SSSR count). The Bertz CT molecular complexity index is 1120. The van der Waals surface area contributed by atoms with Crippen LogP contribution in [0.25, 0.3) is 5.78 Å². The van der Waals surface area contributed by atoms with Crippen LogP contribution in [0.3, 0.4) is 0 Å². The second kappa shape index (κ2) is 7.81. The molecule has 3 heterocycles. The largest absolute Gasteiger partial charge is 0.494 e. The summed E-state index contributed by atoms with van der Waals surface area (Å²) >= 11 is 0. The number of nitrogens with zero attached hydrogens (tertiary/aromatic N) is 4. The maximum Gasteiger partial charge on any atom is 0.254 e. The maximum atomic E-state index is 12.7. The van der Waals surface area contributed by atoms with Crippen molar-refractivity contribution in [2.24, 2.45) is 0 Å². The molecule has 30 heavy (non-hydrogen) atoms. The van der Waals surface area contributed by atoms with Crippen molar-refractivity contribution in [1.29, 1.82) is 0 Å². The van der Waals surface area contributed by atoms with E-state index in [1.54, 1.807) is 4.52 Å². The highest BCUT2D eigenvalue weighted by Crippen LogP contribution is 2.35. The highest BCUT2D eigenvalue weighted by atomic mass is 16.5. The van der Waals surface area contributed by atoms with Gasteiger partial charge in [-0.2, -0.15) is 9.50 Å². The van der Waals surface area contributed by atoms with Crippen molar-refractivity contribution in [2.45, 2.75) is 53.2 Å². The summed E-state index contributed by atoms with van der Waals surface area (Å²) in [6.45, 7) is 8.63. The van der Waals surface area contributed by atoms with E-state index in [9.17, 15) is 4.79 Å². The Morgan fingerprint density at radius 3 is 2.93 bits per heavy atom. The minimum Gasteiger partial charge on any atom is -0.494 e. The molecular weight excluding hydrogens is 384 g/mol. The van der Waals surface area contributed by atoms with Crippen LogP contribution in [0.4, 0.5) is 5.95 Å². The molecule has 0 spiro atoms. The van der Waals surface area contributed by atoms with Crippen molar-refractivity contribution < 1.29 is 14.3 Å². The molecule has 0 saturated carbocycles. The van der Waals surface area contributed by atoms with E-state index in [1.807, 2.05) is 39.8 Å². The van der Waals surface area contributed by atoms with Crippen molar-refractivity contribution in [3.8, 4) is 11.5 Å². The molecule has 1 aliphatic rings. The molecule has 1 aromatic carbocycles. The Kier molecular flexibility index (Phi) is 5.19. The maximum absolute atomic E-state index is 12.7. The Balaban J connectivity index is 1.51. The zero-order valence-corrected chi connectivity index (χ0v) is 17.7. The summed E-state index contributed by atoms with van der Waals surface area (Å²) < 4.78 is 13.2. The number of ether oxygens (including phenoxy) is 2. The summed E-state index contributed by atoms with van der Waals surface area (Å²) in [7, 11) is 0. The van der Waals surface area contributed by atoms with Crippen molar-refractivity contribution in [1.82, 2.24) is 24.9 Å². The van der Waals surface area contributed by atoms with E-state index in [0.717, 1.165) is 46.0 Å². The van der Waals surface area contributed by atoms with Crippen molar-refractivity contribution in [2.75, 3.05) is 12.3 Å². The zero-order valence-electron chi connectivity index (χ0n) is 17.7. The van der Waals surface area contributed by atoms with Crippen LogP contribution >= 0.6 is 0 Å². The number of carbonyl (C=O) groups is 1. The average Bonchev–Trinajstić information content (AvgIpc) is 3.24. The lowest BCUT2D eigenvalue weighted by atomic mass is 10.1. The van der Waals surface area contributed by atoms with E-state index in [-0.39, 0.29) is 24.4 Å². The van der Waals surface area contributed by atoms with Gasteiger partial charge in [-0.15, -0.1) is 5.10 Å². The SMILES string of the molecule is CCOc1cc2c(cc1CNC(=O)Cc1c(C)nc3nc(N)nn3c1C)O[C@H](C)C2. The fourth-order valence-corrected chi connectivity index (χ4v) is 3.81. The smallest absolute Gasteiger partial charge is 0.254 e. The van der Waals surface area contributed by atoms with Crippen LogP contribution < -0.4 is 20.5 Å². The number of anilines is 1. The van der Waals surface area contributed by atoms with E-state index in [4.69, 9.17) is 15.2 Å². The summed E-state index contributed by atoms with van der Waals surface area (Å²) in [5.74, 6) is 2.11. The number of fused-ring (bicyclic) bond motifs is 2. The predicted octanol–water partition coefficient (Wildman–Crippen LogP) is 1.90. The standard InChI is InChI=1S/C21H26N6O3/c1-5-29-17-7-14-6-11(2)30-18(14)8-15(17)10-23-19(28)9-16-12(3)24-21-25-20(22)26-27(21)13(16)4/h7-8,11H,5-6,9-10H2,1-4H3,(H2,22,26)(H,23,28)/t11-/m1/s1. The Morgan fingerprint density at radius 2 is 2.17 bits per heavy atom. The number of nitrogens with two attached hydrogens (primary N) is 1. The van der Waals surface area contributed by atoms with Gasteiger partial charge in [0.25, 0.3) is 5.78 Å². The third-order valence-corrected chi connectivity index (χ3v) is 5.26.